The molecule has 2 aromatic heterocycles. The van der Waals surface area contributed by atoms with Crippen LogP contribution in [0.25, 0.3) is 17.2 Å². The van der Waals surface area contributed by atoms with Crippen molar-refractivity contribution < 1.29 is 4.74 Å². The molecule has 0 fully saturated rings. The van der Waals surface area contributed by atoms with Gasteiger partial charge in [0.2, 0.25) is 0 Å². The molecule has 6 nitrogen and oxygen atoms in total. The third kappa shape index (κ3) is 2.37. The van der Waals surface area contributed by atoms with E-state index in [2.05, 4.69) is 15.3 Å². The van der Waals surface area contributed by atoms with E-state index in [0.717, 1.165) is 42.2 Å². The van der Waals surface area contributed by atoms with E-state index in [4.69, 9.17) is 9.84 Å². The van der Waals surface area contributed by atoms with Crippen molar-refractivity contribution in [3.05, 3.63) is 54.0 Å². The molecule has 0 unspecified atom stereocenters. The summed E-state index contributed by atoms with van der Waals surface area (Å²) in [4.78, 5) is 8.69. The van der Waals surface area contributed by atoms with Gasteiger partial charge in [-0.3, -0.25) is 0 Å². The van der Waals surface area contributed by atoms with Crippen molar-refractivity contribution in [1.82, 2.24) is 25.1 Å². The molecule has 1 aliphatic rings. The molecule has 0 saturated carbocycles. The molecule has 1 N–H and O–H groups in total. The molecule has 0 atom stereocenters. The van der Waals surface area contributed by atoms with Crippen LogP contribution in [0.1, 0.15) is 11.3 Å². The first-order chi connectivity index (χ1) is 11.4. The van der Waals surface area contributed by atoms with E-state index in [-0.39, 0.29) is 0 Å². The number of hydrogen-bond donors (Lipinski definition) is 1. The predicted octanol–water partition coefficient (Wildman–Crippen LogP) is 1.98. The number of para-hydroxylation sites is 1. The van der Waals surface area contributed by atoms with Crippen LogP contribution in [0, 0.1) is 0 Å². The van der Waals surface area contributed by atoms with Gasteiger partial charge in [-0.05, 0) is 18.2 Å². The maximum atomic E-state index is 5.50. The minimum absolute atomic E-state index is 0.604. The van der Waals surface area contributed by atoms with Gasteiger partial charge in [-0.1, -0.05) is 12.1 Å². The molecule has 23 heavy (non-hydrogen) atoms. The lowest BCUT2D eigenvalue weighted by Crippen LogP contribution is -2.25. The highest BCUT2D eigenvalue weighted by molar-refractivity contribution is 5.71. The molecule has 0 radical (unpaired) electrons. The molecule has 116 valence electrons. The molecule has 6 heteroatoms. The van der Waals surface area contributed by atoms with E-state index in [9.17, 15) is 0 Å². The Kier molecular flexibility index (Phi) is 3.51. The second kappa shape index (κ2) is 5.81. The van der Waals surface area contributed by atoms with Gasteiger partial charge in [0.05, 0.1) is 12.8 Å². The normalized spacial score (nSPS) is 13.6. The van der Waals surface area contributed by atoms with Crippen molar-refractivity contribution in [2.75, 3.05) is 13.7 Å². The number of methoxy groups -OCH3 is 1. The summed E-state index contributed by atoms with van der Waals surface area (Å²) in [5, 5.41) is 8.23. The monoisotopic (exact) mass is 307 g/mol. The summed E-state index contributed by atoms with van der Waals surface area (Å²) < 4.78 is 7.36. The van der Waals surface area contributed by atoms with Gasteiger partial charge in [-0.15, -0.1) is 0 Å². The predicted molar refractivity (Wildman–Crippen MR) is 86.6 cm³/mol. The van der Waals surface area contributed by atoms with Crippen molar-refractivity contribution in [3.63, 3.8) is 0 Å². The largest absolute Gasteiger partial charge is 0.496 e. The van der Waals surface area contributed by atoms with Gasteiger partial charge in [0.1, 0.15) is 11.4 Å². The zero-order valence-electron chi connectivity index (χ0n) is 12.9. The molecule has 0 saturated heterocycles. The van der Waals surface area contributed by atoms with Crippen LogP contribution in [0.2, 0.25) is 0 Å². The number of aromatic nitrogens is 4. The molecule has 0 bridgehead atoms. The number of ether oxygens (including phenoxy) is 1. The fraction of sp³-hybridized carbons (Fsp3) is 0.235. The minimum atomic E-state index is 0.604. The second-order valence-electron chi connectivity index (χ2n) is 5.36. The lowest BCUT2D eigenvalue weighted by atomic mass is 10.0. The number of fused-ring (bicyclic) bond motifs is 1. The lowest BCUT2D eigenvalue weighted by molar-refractivity contribution is 0.416. The Bertz CT molecular complexity index is 828. The summed E-state index contributed by atoms with van der Waals surface area (Å²) in [5.41, 5.74) is 4.27. The van der Waals surface area contributed by atoms with Crippen molar-refractivity contribution in [2.45, 2.75) is 13.0 Å². The molecular formula is C17H17N5O. The fourth-order valence-electron chi connectivity index (χ4n) is 2.97. The summed E-state index contributed by atoms with van der Waals surface area (Å²) in [6.45, 7) is 1.71. The van der Waals surface area contributed by atoms with Gasteiger partial charge in [0.15, 0.2) is 0 Å². The number of hydrogen-bond acceptors (Lipinski definition) is 5. The Morgan fingerprint density at radius 1 is 1.13 bits per heavy atom. The van der Waals surface area contributed by atoms with Crippen LogP contribution in [0.4, 0.5) is 0 Å². The maximum absolute atomic E-state index is 5.50. The summed E-state index contributed by atoms with van der Waals surface area (Å²) >= 11 is 0. The Morgan fingerprint density at radius 2 is 1.96 bits per heavy atom. The van der Waals surface area contributed by atoms with E-state index in [1.807, 2.05) is 35.0 Å². The number of benzene rings is 1. The van der Waals surface area contributed by atoms with Gasteiger partial charge < -0.3 is 10.1 Å². The highest BCUT2D eigenvalue weighted by Crippen LogP contribution is 2.34. The molecule has 1 aromatic carbocycles. The van der Waals surface area contributed by atoms with Gasteiger partial charge in [-0.2, -0.15) is 5.10 Å². The summed E-state index contributed by atoms with van der Waals surface area (Å²) in [6.07, 6.45) is 4.37. The summed E-state index contributed by atoms with van der Waals surface area (Å²) in [7, 11) is 1.68. The van der Waals surface area contributed by atoms with Crippen LogP contribution in [-0.2, 0) is 13.0 Å². The molecular weight excluding hydrogens is 290 g/mol. The van der Waals surface area contributed by atoms with E-state index in [1.165, 1.54) is 5.56 Å². The Hall–Kier alpha value is -2.73. The lowest BCUT2D eigenvalue weighted by Gasteiger charge is -2.15. The first-order valence-electron chi connectivity index (χ1n) is 7.61. The third-order valence-electron chi connectivity index (χ3n) is 4.03. The van der Waals surface area contributed by atoms with Crippen LogP contribution in [0.3, 0.4) is 0 Å². The molecule has 1 aliphatic heterocycles. The van der Waals surface area contributed by atoms with Crippen molar-refractivity contribution in [2.24, 2.45) is 0 Å². The van der Waals surface area contributed by atoms with Crippen LogP contribution in [0.5, 0.6) is 5.75 Å². The molecule has 4 rings (SSSR count). The van der Waals surface area contributed by atoms with Gasteiger partial charge in [0.25, 0.3) is 5.95 Å². The average Bonchev–Trinajstić information content (AvgIpc) is 3.02. The van der Waals surface area contributed by atoms with Crippen LogP contribution in [0.15, 0.2) is 42.7 Å². The van der Waals surface area contributed by atoms with E-state index < -0.39 is 0 Å². The Morgan fingerprint density at radius 3 is 2.78 bits per heavy atom. The van der Waals surface area contributed by atoms with E-state index in [1.54, 1.807) is 19.5 Å². The zero-order chi connectivity index (χ0) is 15.6. The summed E-state index contributed by atoms with van der Waals surface area (Å²) in [5.74, 6) is 1.42. The third-order valence-corrected chi connectivity index (χ3v) is 4.03. The quantitative estimate of drug-likeness (QED) is 0.801. The molecule has 0 spiro atoms. The SMILES string of the molecule is COc1ccccc1-c1nn(-c2ncccn2)c2c1CNCC2. The Balaban J connectivity index is 1.93. The smallest absolute Gasteiger partial charge is 0.250 e. The molecule has 3 heterocycles. The zero-order valence-corrected chi connectivity index (χ0v) is 12.9. The van der Waals surface area contributed by atoms with Crippen molar-refractivity contribution >= 4 is 0 Å². The highest BCUT2D eigenvalue weighted by Gasteiger charge is 2.24. The minimum Gasteiger partial charge on any atom is -0.496 e. The van der Waals surface area contributed by atoms with Crippen LogP contribution < -0.4 is 10.1 Å². The highest BCUT2D eigenvalue weighted by atomic mass is 16.5. The first kappa shape index (κ1) is 13.9. The van der Waals surface area contributed by atoms with E-state index in [0.29, 0.717) is 5.95 Å². The second-order valence-corrected chi connectivity index (χ2v) is 5.36. The molecule has 0 amide bonds. The maximum Gasteiger partial charge on any atom is 0.250 e. The number of nitrogens with zero attached hydrogens (tertiary/aromatic N) is 4. The van der Waals surface area contributed by atoms with E-state index >= 15 is 0 Å². The van der Waals surface area contributed by atoms with Crippen LogP contribution in [-0.4, -0.2) is 33.4 Å². The van der Waals surface area contributed by atoms with Gasteiger partial charge >= 0.3 is 0 Å². The number of rotatable bonds is 3. The molecule has 3 aromatic rings. The fourth-order valence-corrected chi connectivity index (χ4v) is 2.97. The first-order valence-corrected chi connectivity index (χ1v) is 7.61. The Labute approximate surface area is 134 Å². The summed E-state index contributed by atoms with van der Waals surface area (Å²) in [6, 6.07) is 9.76. The standard InChI is InChI=1S/C17H17N5O/c1-23-15-6-3-2-5-12(15)16-13-11-18-10-7-14(13)22(21-16)17-19-8-4-9-20-17/h2-6,8-9,18H,7,10-11H2,1H3. The van der Waals surface area contributed by atoms with Crippen molar-refractivity contribution in [1.29, 1.82) is 0 Å². The average molecular weight is 307 g/mol. The van der Waals surface area contributed by atoms with Gasteiger partial charge in [-0.25, -0.2) is 14.6 Å². The number of nitrogens with one attached hydrogen (secondary N) is 1. The van der Waals surface area contributed by atoms with Crippen molar-refractivity contribution in [3.8, 4) is 23.0 Å². The van der Waals surface area contributed by atoms with Crippen LogP contribution >= 0.6 is 0 Å². The molecule has 0 aliphatic carbocycles. The topological polar surface area (TPSA) is 64.9 Å². The van der Waals surface area contributed by atoms with Gasteiger partial charge in [0, 0.05) is 43.0 Å².